The molecule has 1 aromatic heterocycles. The third-order valence-electron chi connectivity index (χ3n) is 5.40. The van der Waals surface area contributed by atoms with Crippen LogP contribution < -0.4 is 5.32 Å². The van der Waals surface area contributed by atoms with Crippen molar-refractivity contribution in [2.75, 3.05) is 18.5 Å². The lowest BCUT2D eigenvalue weighted by molar-refractivity contribution is -0.121. The molecule has 170 valence electrons. The van der Waals surface area contributed by atoms with Gasteiger partial charge in [0.05, 0.1) is 6.61 Å². The average molecular weight is 505 g/mol. The molecule has 1 N–H and O–H groups in total. The highest BCUT2D eigenvalue weighted by Gasteiger charge is 2.67. The van der Waals surface area contributed by atoms with Crippen LogP contribution >= 0.6 is 15.9 Å². The second-order valence-electron chi connectivity index (χ2n) is 8.91. The fourth-order valence-electron chi connectivity index (χ4n) is 3.94. The van der Waals surface area contributed by atoms with Crippen LogP contribution in [0.25, 0.3) is 10.4 Å². The number of halogens is 1. The van der Waals surface area contributed by atoms with E-state index in [9.17, 15) is 9.59 Å². The van der Waals surface area contributed by atoms with Gasteiger partial charge in [0.25, 0.3) is 0 Å². The Labute approximate surface area is 194 Å². The molecule has 10 nitrogen and oxygen atoms in total. The highest BCUT2D eigenvalue weighted by atomic mass is 79.9. The van der Waals surface area contributed by atoms with Crippen molar-refractivity contribution >= 4 is 33.7 Å². The second kappa shape index (κ2) is 9.36. The maximum Gasteiger partial charge on any atom is 0.411 e. The number of terminal acetylenes is 1. The number of nitrogens with one attached hydrogen (secondary N) is 1. The highest BCUT2D eigenvalue weighted by Crippen LogP contribution is 2.60. The molecule has 1 saturated heterocycles. The first-order valence-electron chi connectivity index (χ1n) is 10.1. The lowest BCUT2D eigenvalue weighted by atomic mass is 9.99. The van der Waals surface area contributed by atoms with E-state index in [0.717, 1.165) is 0 Å². The number of amides is 2. The summed E-state index contributed by atoms with van der Waals surface area (Å²) in [7, 11) is 0. The van der Waals surface area contributed by atoms with Crippen LogP contribution in [0.15, 0.2) is 21.9 Å². The van der Waals surface area contributed by atoms with Crippen molar-refractivity contribution < 1.29 is 19.1 Å². The number of ether oxygens (including phenoxy) is 2. The Hall–Kier alpha value is -2.80. The van der Waals surface area contributed by atoms with Gasteiger partial charge in [0.15, 0.2) is 0 Å². The minimum absolute atomic E-state index is 0.127. The molecular weight excluding hydrogens is 480 g/mol. The van der Waals surface area contributed by atoms with E-state index in [1.807, 2.05) is 0 Å². The monoisotopic (exact) mass is 504 g/mol. The fourth-order valence-corrected chi connectivity index (χ4v) is 4.25. The first-order valence-corrected chi connectivity index (χ1v) is 10.9. The summed E-state index contributed by atoms with van der Waals surface area (Å²) < 4.78 is 11.5. The topological polar surface area (TPSA) is 130 Å². The lowest BCUT2D eigenvalue weighted by Gasteiger charge is -2.30. The predicted octanol–water partition coefficient (Wildman–Crippen LogP) is 4.01. The molecular formula is C21H25BrN6O4. The van der Waals surface area contributed by atoms with Gasteiger partial charge in [-0.15, -0.1) is 6.42 Å². The minimum atomic E-state index is -0.780. The van der Waals surface area contributed by atoms with Gasteiger partial charge in [-0.05, 0) is 61.1 Å². The van der Waals surface area contributed by atoms with Gasteiger partial charge < -0.3 is 14.8 Å². The molecule has 2 fully saturated rings. The van der Waals surface area contributed by atoms with Crippen LogP contribution in [-0.4, -0.2) is 52.7 Å². The molecule has 1 aliphatic carbocycles. The Morgan fingerprint density at radius 1 is 1.47 bits per heavy atom. The number of rotatable bonds is 7. The molecule has 2 amide bonds. The first-order chi connectivity index (χ1) is 15.1. The van der Waals surface area contributed by atoms with E-state index in [0.29, 0.717) is 28.8 Å². The number of carbonyl (C=O) groups is 2. The molecule has 0 radical (unpaired) electrons. The number of likely N-dealkylation sites (tertiary alicyclic amines) is 1. The fraction of sp³-hybridized carbons (Fsp3) is 0.571. The summed E-state index contributed by atoms with van der Waals surface area (Å²) in [4.78, 5) is 34.9. The molecule has 3 rings (SSSR count). The Morgan fingerprint density at radius 3 is 2.88 bits per heavy atom. The van der Waals surface area contributed by atoms with E-state index < -0.39 is 29.1 Å². The van der Waals surface area contributed by atoms with Gasteiger partial charge in [0, 0.05) is 28.5 Å². The number of hydrogen-bond donors (Lipinski definition) is 1. The number of aromatic nitrogens is 1. The highest BCUT2D eigenvalue weighted by molar-refractivity contribution is 9.10. The number of azide groups is 1. The second-order valence-corrected chi connectivity index (χ2v) is 9.72. The molecule has 2 aliphatic rings. The zero-order valence-corrected chi connectivity index (χ0v) is 19.8. The molecule has 2 heterocycles. The molecule has 1 saturated carbocycles. The van der Waals surface area contributed by atoms with Crippen molar-refractivity contribution in [2.45, 2.75) is 57.9 Å². The number of hydrogen-bond acceptors (Lipinski definition) is 6. The Bertz CT molecular complexity index is 997. The standard InChI is InChI=1S/C21H25BrN6O4/c1-5-8-31-11-13-6-7-16(22)25-17(13)26-18(29)14-9-21(12-24-27-23)10-15(21)28(14)19(30)32-20(2,3)4/h1,6-7,14-15H,8-12H2,2-4H3,(H,25,26,29)/t14-,15+,21-/m0/s1. The van der Waals surface area contributed by atoms with Crippen LogP contribution in [-0.2, 0) is 20.9 Å². The zero-order valence-electron chi connectivity index (χ0n) is 18.2. The van der Waals surface area contributed by atoms with Gasteiger partial charge in [-0.1, -0.05) is 17.1 Å². The normalized spacial score (nSPS) is 23.5. The van der Waals surface area contributed by atoms with E-state index >= 15 is 0 Å². The number of anilines is 1. The van der Waals surface area contributed by atoms with Crippen molar-refractivity contribution in [3.05, 3.63) is 32.7 Å². The van der Waals surface area contributed by atoms with Crippen LogP contribution in [0, 0.1) is 17.8 Å². The number of pyridine rings is 1. The van der Waals surface area contributed by atoms with Crippen molar-refractivity contribution in [2.24, 2.45) is 10.5 Å². The largest absolute Gasteiger partial charge is 0.444 e. The van der Waals surface area contributed by atoms with Gasteiger partial charge in [-0.25, -0.2) is 9.78 Å². The van der Waals surface area contributed by atoms with Crippen LogP contribution in [0.2, 0.25) is 0 Å². The van der Waals surface area contributed by atoms with Crippen LogP contribution in [0.1, 0.15) is 39.2 Å². The first kappa shape index (κ1) is 23.9. The summed E-state index contributed by atoms with van der Waals surface area (Å²) in [5.74, 6) is 2.31. The minimum Gasteiger partial charge on any atom is -0.444 e. The molecule has 1 aliphatic heterocycles. The summed E-state index contributed by atoms with van der Waals surface area (Å²) in [6.45, 7) is 5.82. The molecule has 0 unspecified atom stereocenters. The van der Waals surface area contributed by atoms with E-state index in [1.54, 1.807) is 32.9 Å². The Balaban J connectivity index is 1.82. The summed E-state index contributed by atoms with van der Waals surface area (Å²) in [5, 5.41) is 6.52. The van der Waals surface area contributed by atoms with Crippen LogP contribution in [0.4, 0.5) is 10.6 Å². The number of carbonyl (C=O) groups excluding carboxylic acids is 2. The third-order valence-corrected chi connectivity index (χ3v) is 5.84. The maximum atomic E-state index is 13.3. The molecule has 3 atom stereocenters. The van der Waals surface area contributed by atoms with Gasteiger partial charge in [-0.3, -0.25) is 9.69 Å². The predicted molar refractivity (Wildman–Crippen MR) is 120 cm³/mol. The van der Waals surface area contributed by atoms with Crippen molar-refractivity contribution in [1.82, 2.24) is 9.88 Å². The van der Waals surface area contributed by atoms with Crippen molar-refractivity contribution in [3.8, 4) is 12.3 Å². The summed E-state index contributed by atoms with van der Waals surface area (Å²) in [5.41, 5.74) is 8.27. The van der Waals surface area contributed by atoms with Crippen LogP contribution in [0.5, 0.6) is 0 Å². The Morgan fingerprint density at radius 2 is 2.22 bits per heavy atom. The van der Waals surface area contributed by atoms with Crippen LogP contribution in [0.3, 0.4) is 0 Å². The zero-order chi connectivity index (χ0) is 23.5. The lowest BCUT2D eigenvalue weighted by Crippen LogP contribution is -2.47. The maximum absolute atomic E-state index is 13.3. The van der Waals surface area contributed by atoms with Gasteiger partial charge in [0.2, 0.25) is 5.91 Å². The molecule has 0 aromatic carbocycles. The molecule has 32 heavy (non-hydrogen) atoms. The van der Waals surface area contributed by atoms with Gasteiger partial charge in [-0.2, -0.15) is 0 Å². The molecule has 0 bridgehead atoms. The smallest absolute Gasteiger partial charge is 0.411 e. The van der Waals surface area contributed by atoms with Crippen molar-refractivity contribution in [3.63, 3.8) is 0 Å². The van der Waals surface area contributed by atoms with E-state index in [2.05, 4.69) is 42.2 Å². The summed E-state index contributed by atoms with van der Waals surface area (Å²) in [6, 6.07) is 2.51. The number of nitrogens with zero attached hydrogens (tertiary/aromatic N) is 5. The molecule has 0 spiro atoms. The summed E-state index contributed by atoms with van der Waals surface area (Å²) >= 11 is 3.31. The molecule has 11 heteroatoms. The Kier molecular flexibility index (Phi) is 6.98. The average Bonchev–Trinajstić information content (AvgIpc) is 3.30. The quantitative estimate of drug-likeness (QED) is 0.150. The van der Waals surface area contributed by atoms with E-state index in [1.165, 1.54) is 4.90 Å². The van der Waals surface area contributed by atoms with Gasteiger partial charge >= 0.3 is 6.09 Å². The summed E-state index contributed by atoms with van der Waals surface area (Å²) in [6.07, 6.45) is 5.69. The molecule has 1 aromatic rings. The van der Waals surface area contributed by atoms with E-state index in [-0.39, 0.29) is 25.8 Å². The number of piperidine rings is 1. The number of fused-ring (bicyclic) bond motifs is 1. The van der Waals surface area contributed by atoms with E-state index in [4.69, 9.17) is 21.4 Å². The SMILES string of the molecule is C#CCOCc1ccc(Br)nc1NC(=O)[C@@H]1C[C@@]2(CN=[N+]=[N-])C[C@H]2N1C(=O)OC(C)(C)C. The van der Waals surface area contributed by atoms with Crippen molar-refractivity contribution in [1.29, 1.82) is 0 Å². The van der Waals surface area contributed by atoms with Gasteiger partial charge in [0.1, 0.15) is 28.7 Å². The third kappa shape index (κ3) is 5.33.